The third-order valence-corrected chi connectivity index (χ3v) is 4.24. The number of nitrogens with zero attached hydrogens (tertiary/aromatic N) is 1. The molecule has 0 atom stereocenters. The van der Waals surface area contributed by atoms with Crippen LogP contribution in [0.25, 0.3) is 0 Å². The molecular formula is C14H12F3N3O3S. The van der Waals surface area contributed by atoms with Crippen LogP contribution >= 0.6 is 0 Å². The molecule has 0 saturated carbocycles. The number of benzene rings is 1. The third kappa shape index (κ3) is 4.77. The Morgan fingerprint density at radius 3 is 2.54 bits per heavy atom. The molecular weight excluding hydrogens is 347 g/mol. The summed E-state index contributed by atoms with van der Waals surface area (Å²) in [6.07, 6.45) is -1.81. The van der Waals surface area contributed by atoms with Crippen molar-refractivity contribution in [2.24, 2.45) is 0 Å². The molecule has 0 bridgehead atoms. The van der Waals surface area contributed by atoms with Gasteiger partial charge in [-0.05, 0) is 30.3 Å². The molecule has 0 aliphatic heterocycles. The van der Waals surface area contributed by atoms with Crippen molar-refractivity contribution in [3.05, 3.63) is 54.4 Å². The molecule has 10 heteroatoms. The lowest BCUT2D eigenvalue weighted by Crippen LogP contribution is -2.33. The van der Waals surface area contributed by atoms with E-state index in [0.717, 1.165) is 18.2 Å². The number of aromatic nitrogens is 1. The lowest BCUT2D eigenvalue weighted by atomic mass is 10.2. The smallest absolute Gasteiger partial charge is 0.324 e. The van der Waals surface area contributed by atoms with Crippen LogP contribution in [0.15, 0.2) is 53.7 Å². The summed E-state index contributed by atoms with van der Waals surface area (Å²) in [5.41, 5.74) is -0.731. The van der Waals surface area contributed by atoms with Gasteiger partial charge in [-0.2, -0.15) is 13.2 Å². The van der Waals surface area contributed by atoms with Gasteiger partial charge in [-0.3, -0.25) is 9.78 Å². The maximum absolute atomic E-state index is 12.6. The van der Waals surface area contributed by atoms with Gasteiger partial charge in [-0.25, -0.2) is 13.1 Å². The lowest BCUT2D eigenvalue weighted by molar-refractivity contribution is -0.137. The van der Waals surface area contributed by atoms with E-state index in [1.165, 1.54) is 12.4 Å². The van der Waals surface area contributed by atoms with Gasteiger partial charge >= 0.3 is 6.18 Å². The molecule has 0 radical (unpaired) electrons. The van der Waals surface area contributed by atoms with Gasteiger partial charge in [0.2, 0.25) is 15.9 Å². The number of nitrogens with one attached hydrogen (secondary N) is 2. The number of hydrogen-bond acceptors (Lipinski definition) is 4. The van der Waals surface area contributed by atoms with Gasteiger partial charge in [0, 0.05) is 6.20 Å². The van der Waals surface area contributed by atoms with Crippen LogP contribution in [-0.2, 0) is 21.0 Å². The van der Waals surface area contributed by atoms with Gasteiger partial charge < -0.3 is 5.32 Å². The summed E-state index contributed by atoms with van der Waals surface area (Å²) >= 11 is 0. The molecule has 0 saturated heterocycles. The van der Waals surface area contributed by atoms with Crippen LogP contribution in [0.1, 0.15) is 5.56 Å². The van der Waals surface area contributed by atoms with Crippen LogP contribution in [0.5, 0.6) is 0 Å². The molecule has 24 heavy (non-hydrogen) atoms. The van der Waals surface area contributed by atoms with Crippen molar-refractivity contribution in [3.8, 4) is 0 Å². The molecule has 2 N–H and O–H groups in total. The van der Waals surface area contributed by atoms with Crippen LogP contribution in [0.3, 0.4) is 0 Å². The number of carbonyl (C=O) groups excluding carboxylic acids is 1. The largest absolute Gasteiger partial charge is 0.416 e. The number of pyridine rings is 1. The van der Waals surface area contributed by atoms with Gasteiger partial charge in [-0.15, -0.1) is 0 Å². The van der Waals surface area contributed by atoms with Crippen LogP contribution in [-0.4, -0.2) is 25.9 Å². The van der Waals surface area contributed by atoms with Crippen LogP contribution < -0.4 is 10.0 Å². The van der Waals surface area contributed by atoms with Crippen molar-refractivity contribution in [1.82, 2.24) is 9.71 Å². The zero-order valence-corrected chi connectivity index (χ0v) is 12.9. The van der Waals surface area contributed by atoms with Crippen LogP contribution in [0, 0.1) is 0 Å². The average Bonchev–Trinajstić information content (AvgIpc) is 2.53. The highest BCUT2D eigenvalue weighted by atomic mass is 32.2. The monoisotopic (exact) mass is 359 g/mol. The third-order valence-electron chi connectivity index (χ3n) is 2.84. The van der Waals surface area contributed by atoms with Gasteiger partial charge in [0.15, 0.2) is 0 Å². The first-order chi connectivity index (χ1) is 11.2. The quantitative estimate of drug-likeness (QED) is 0.855. The van der Waals surface area contributed by atoms with Crippen molar-refractivity contribution in [2.75, 3.05) is 11.9 Å². The molecule has 2 rings (SSSR count). The molecule has 1 aromatic carbocycles. The highest BCUT2D eigenvalue weighted by Gasteiger charge is 2.31. The second-order valence-electron chi connectivity index (χ2n) is 4.64. The van der Waals surface area contributed by atoms with Gasteiger partial charge in [0.25, 0.3) is 0 Å². The Hall–Kier alpha value is -2.46. The molecule has 0 unspecified atom stereocenters. The Morgan fingerprint density at radius 1 is 1.17 bits per heavy atom. The average molecular weight is 359 g/mol. The van der Waals surface area contributed by atoms with E-state index >= 15 is 0 Å². The number of rotatable bonds is 5. The fraction of sp³-hybridized carbons (Fsp3) is 0.143. The fourth-order valence-electron chi connectivity index (χ4n) is 1.73. The molecule has 1 amide bonds. The van der Waals surface area contributed by atoms with E-state index in [9.17, 15) is 26.4 Å². The Morgan fingerprint density at radius 2 is 1.92 bits per heavy atom. The Kier molecular flexibility index (Phi) is 5.20. The summed E-state index contributed by atoms with van der Waals surface area (Å²) in [6, 6.07) is 6.37. The maximum atomic E-state index is 12.6. The van der Waals surface area contributed by atoms with Gasteiger partial charge in [-0.1, -0.05) is 6.07 Å². The van der Waals surface area contributed by atoms with Crippen molar-refractivity contribution >= 4 is 21.6 Å². The SMILES string of the molecule is O=C(CNS(=O)(=O)c1cccc(C(F)(F)F)c1)Nc1cccnc1. The van der Waals surface area contributed by atoms with Crippen molar-refractivity contribution in [3.63, 3.8) is 0 Å². The predicted molar refractivity (Wildman–Crippen MR) is 79.5 cm³/mol. The number of anilines is 1. The fourth-order valence-corrected chi connectivity index (χ4v) is 2.75. The standard InChI is InChI=1S/C14H12F3N3O3S/c15-14(16,17)10-3-1-5-12(7-10)24(22,23)19-9-13(21)20-11-4-2-6-18-8-11/h1-8,19H,9H2,(H,20,21). The van der Waals surface area contributed by atoms with Gasteiger partial charge in [0.05, 0.1) is 28.9 Å². The van der Waals surface area contributed by atoms with E-state index < -0.39 is 39.1 Å². The van der Waals surface area contributed by atoms with E-state index in [2.05, 4.69) is 10.3 Å². The highest BCUT2D eigenvalue weighted by molar-refractivity contribution is 7.89. The number of alkyl halides is 3. The van der Waals surface area contributed by atoms with Gasteiger partial charge in [0.1, 0.15) is 0 Å². The van der Waals surface area contributed by atoms with Crippen molar-refractivity contribution in [1.29, 1.82) is 0 Å². The number of halogens is 3. The van der Waals surface area contributed by atoms with Crippen LogP contribution in [0.2, 0.25) is 0 Å². The molecule has 128 valence electrons. The van der Waals surface area contributed by atoms with Crippen molar-refractivity contribution < 1.29 is 26.4 Å². The lowest BCUT2D eigenvalue weighted by Gasteiger charge is -2.10. The van der Waals surface area contributed by atoms with E-state index in [1.54, 1.807) is 12.1 Å². The van der Waals surface area contributed by atoms with Crippen LogP contribution in [0.4, 0.5) is 18.9 Å². The molecule has 1 heterocycles. The summed E-state index contributed by atoms with van der Waals surface area (Å²) in [7, 11) is -4.26. The van der Waals surface area contributed by atoms with E-state index in [1.807, 2.05) is 4.72 Å². The first kappa shape index (κ1) is 17.9. The minimum Gasteiger partial charge on any atom is -0.324 e. The normalized spacial score (nSPS) is 12.0. The summed E-state index contributed by atoms with van der Waals surface area (Å²) in [4.78, 5) is 14.9. The molecule has 0 fully saturated rings. The summed E-state index contributed by atoms with van der Waals surface area (Å²) in [5, 5.41) is 2.39. The topological polar surface area (TPSA) is 88.2 Å². The molecule has 6 nitrogen and oxygen atoms in total. The zero-order valence-electron chi connectivity index (χ0n) is 12.0. The molecule has 0 aliphatic rings. The number of sulfonamides is 1. The van der Waals surface area contributed by atoms with E-state index in [0.29, 0.717) is 11.8 Å². The molecule has 1 aromatic heterocycles. The summed E-state index contributed by atoms with van der Waals surface area (Å²) < 4.78 is 63.8. The first-order valence-electron chi connectivity index (χ1n) is 6.55. The predicted octanol–water partition coefficient (Wildman–Crippen LogP) is 2.02. The summed E-state index contributed by atoms with van der Waals surface area (Å²) in [6.45, 7) is -0.631. The van der Waals surface area contributed by atoms with E-state index in [-0.39, 0.29) is 0 Å². The first-order valence-corrected chi connectivity index (χ1v) is 8.03. The Balaban J connectivity index is 2.05. The molecule has 0 aliphatic carbocycles. The minimum absolute atomic E-state index is 0.362. The minimum atomic E-state index is -4.66. The number of carbonyl (C=O) groups is 1. The maximum Gasteiger partial charge on any atom is 0.416 e. The zero-order chi connectivity index (χ0) is 17.8. The second kappa shape index (κ2) is 6.97. The molecule has 0 spiro atoms. The molecule has 2 aromatic rings. The number of amides is 1. The second-order valence-corrected chi connectivity index (χ2v) is 6.41. The Bertz CT molecular complexity index is 824. The number of hydrogen-bond donors (Lipinski definition) is 2. The summed E-state index contributed by atoms with van der Waals surface area (Å²) in [5.74, 6) is -0.682. The highest BCUT2D eigenvalue weighted by Crippen LogP contribution is 2.30. The van der Waals surface area contributed by atoms with Crippen molar-refractivity contribution in [2.45, 2.75) is 11.1 Å². The van der Waals surface area contributed by atoms with E-state index in [4.69, 9.17) is 0 Å². The Labute approximate surface area is 135 Å².